The third kappa shape index (κ3) is 3.74. The van der Waals surface area contributed by atoms with Crippen molar-refractivity contribution in [3.05, 3.63) is 28.8 Å². The van der Waals surface area contributed by atoms with Crippen LogP contribution < -0.4 is 10.1 Å². The lowest BCUT2D eigenvalue weighted by Gasteiger charge is -2.19. The molecule has 6 heteroatoms. The summed E-state index contributed by atoms with van der Waals surface area (Å²) in [4.78, 5) is 14.4. The first-order valence-corrected chi connectivity index (χ1v) is 7.42. The highest BCUT2D eigenvalue weighted by Gasteiger charge is 2.27. The lowest BCUT2D eigenvalue weighted by atomic mass is 10.0. The van der Waals surface area contributed by atoms with Gasteiger partial charge in [0.25, 0.3) is 5.91 Å². The zero-order chi connectivity index (χ0) is 16.3. The van der Waals surface area contributed by atoms with Crippen molar-refractivity contribution in [1.82, 2.24) is 10.2 Å². The van der Waals surface area contributed by atoms with Crippen LogP contribution in [-0.2, 0) is 0 Å². The lowest BCUT2D eigenvalue weighted by molar-refractivity contribution is -0.0507. The van der Waals surface area contributed by atoms with Crippen LogP contribution in [0.2, 0.25) is 0 Å². The standard InChI is InChI=1S/C16H22F2N2O2/c1-10-6-13(7-11(2)14(10)22-16(17)18)15(21)20-5-4-12(9-20)8-19-3/h6-7,12,16,19H,4-5,8-9H2,1-3H3. The zero-order valence-corrected chi connectivity index (χ0v) is 13.2. The van der Waals surface area contributed by atoms with Crippen LogP contribution >= 0.6 is 0 Å². The SMILES string of the molecule is CNCC1CCN(C(=O)c2cc(C)c(OC(F)F)c(C)c2)C1. The largest absolute Gasteiger partial charge is 0.434 e. The molecule has 0 aliphatic carbocycles. The molecule has 1 fully saturated rings. The Kier molecular flexibility index (Phi) is 5.34. The number of ether oxygens (including phenoxy) is 1. The van der Waals surface area contributed by atoms with Crippen molar-refractivity contribution in [2.75, 3.05) is 26.7 Å². The van der Waals surface area contributed by atoms with Crippen LogP contribution in [0.1, 0.15) is 27.9 Å². The maximum absolute atomic E-state index is 12.6. The summed E-state index contributed by atoms with van der Waals surface area (Å²) in [6.45, 7) is 2.85. The van der Waals surface area contributed by atoms with Gasteiger partial charge in [0.05, 0.1) is 0 Å². The van der Waals surface area contributed by atoms with Gasteiger partial charge in [-0.15, -0.1) is 0 Å². The molecule has 0 bridgehead atoms. The molecule has 1 aromatic rings. The number of amides is 1. The lowest BCUT2D eigenvalue weighted by Crippen LogP contribution is -2.30. The molecule has 122 valence electrons. The minimum atomic E-state index is -2.86. The van der Waals surface area contributed by atoms with Crippen molar-refractivity contribution in [2.45, 2.75) is 26.9 Å². The smallest absolute Gasteiger partial charge is 0.387 e. The number of likely N-dealkylation sites (tertiary alicyclic amines) is 1. The van der Waals surface area contributed by atoms with Crippen LogP contribution in [0.3, 0.4) is 0 Å². The fourth-order valence-corrected chi connectivity index (χ4v) is 3.00. The number of hydrogen-bond acceptors (Lipinski definition) is 3. The van der Waals surface area contributed by atoms with E-state index < -0.39 is 6.61 Å². The Bertz CT molecular complexity index is 526. The van der Waals surface area contributed by atoms with Crippen LogP contribution in [0.5, 0.6) is 5.75 Å². The second kappa shape index (κ2) is 7.05. The summed E-state index contributed by atoms with van der Waals surface area (Å²) < 4.78 is 29.3. The number of hydrogen-bond donors (Lipinski definition) is 1. The summed E-state index contributed by atoms with van der Waals surface area (Å²) in [6, 6.07) is 3.25. The van der Waals surface area contributed by atoms with Crippen molar-refractivity contribution in [2.24, 2.45) is 5.92 Å². The maximum Gasteiger partial charge on any atom is 0.387 e. The van der Waals surface area contributed by atoms with Crippen molar-refractivity contribution >= 4 is 5.91 Å². The number of aryl methyl sites for hydroxylation is 2. The van der Waals surface area contributed by atoms with E-state index in [2.05, 4.69) is 10.1 Å². The number of carbonyl (C=O) groups excluding carboxylic acids is 1. The van der Waals surface area contributed by atoms with E-state index in [1.54, 1.807) is 26.0 Å². The van der Waals surface area contributed by atoms with Crippen LogP contribution in [0.15, 0.2) is 12.1 Å². The average Bonchev–Trinajstić information content (AvgIpc) is 2.90. The average molecular weight is 312 g/mol. The molecule has 1 atom stereocenters. The Balaban J connectivity index is 2.14. The summed E-state index contributed by atoms with van der Waals surface area (Å²) >= 11 is 0. The van der Waals surface area contributed by atoms with E-state index in [0.717, 1.165) is 26.1 Å². The van der Waals surface area contributed by atoms with E-state index in [4.69, 9.17) is 0 Å². The summed E-state index contributed by atoms with van der Waals surface area (Å²) in [7, 11) is 1.90. The Morgan fingerprint density at radius 1 is 1.41 bits per heavy atom. The predicted octanol–water partition coefficient (Wildman–Crippen LogP) is 2.59. The number of halogens is 2. The zero-order valence-electron chi connectivity index (χ0n) is 13.2. The molecule has 1 aliphatic rings. The third-order valence-electron chi connectivity index (χ3n) is 3.98. The monoisotopic (exact) mass is 312 g/mol. The van der Waals surface area contributed by atoms with E-state index in [9.17, 15) is 13.6 Å². The van der Waals surface area contributed by atoms with Crippen molar-refractivity contribution in [1.29, 1.82) is 0 Å². The van der Waals surface area contributed by atoms with Gasteiger partial charge in [0.15, 0.2) is 0 Å². The van der Waals surface area contributed by atoms with E-state index >= 15 is 0 Å². The van der Waals surface area contributed by atoms with Gasteiger partial charge in [0, 0.05) is 18.7 Å². The first-order chi connectivity index (χ1) is 10.4. The minimum Gasteiger partial charge on any atom is -0.434 e. The molecule has 2 rings (SSSR count). The summed E-state index contributed by atoms with van der Waals surface area (Å²) in [5, 5.41) is 3.13. The van der Waals surface area contributed by atoms with Gasteiger partial charge >= 0.3 is 6.61 Å². The van der Waals surface area contributed by atoms with Crippen molar-refractivity contribution < 1.29 is 18.3 Å². The molecule has 0 aromatic heterocycles. The maximum atomic E-state index is 12.6. The first kappa shape index (κ1) is 16.7. The molecular weight excluding hydrogens is 290 g/mol. The van der Waals surface area contributed by atoms with E-state index in [1.165, 1.54) is 0 Å². The molecule has 0 saturated carbocycles. The Morgan fingerprint density at radius 2 is 2.05 bits per heavy atom. The van der Waals surface area contributed by atoms with Gasteiger partial charge in [-0.1, -0.05) is 0 Å². The highest BCUT2D eigenvalue weighted by atomic mass is 19.3. The Labute approximate surface area is 129 Å². The number of carbonyl (C=O) groups is 1. The van der Waals surface area contributed by atoms with Crippen LogP contribution in [-0.4, -0.2) is 44.1 Å². The molecule has 1 aliphatic heterocycles. The predicted molar refractivity (Wildman–Crippen MR) is 80.5 cm³/mol. The number of alkyl halides is 2. The molecule has 1 unspecified atom stereocenters. The Hall–Kier alpha value is -1.69. The molecule has 4 nitrogen and oxygen atoms in total. The molecule has 0 radical (unpaired) electrons. The quantitative estimate of drug-likeness (QED) is 0.908. The highest BCUT2D eigenvalue weighted by Crippen LogP contribution is 2.28. The summed E-state index contributed by atoms with van der Waals surface area (Å²) in [6.07, 6.45) is 0.983. The number of benzene rings is 1. The molecular formula is C16H22F2N2O2. The van der Waals surface area contributed by atoms with Gasteiger partial charge < -0.3 is 15.0 Å². The fraction of sp³-hybridized carbons (Fsp3) is 0.562. The van der Waals surface area contributed by atoms with Crippen LogP contribution in [0.4, 0.5) is 8.78 Å². The van der Waals surface area contributed by atoms with Gasteiger partial charge in [0.2, 0.25) is 0 Å². The molecule has 0 spiro atoms. The van der Waals surface area contributed by atoms with Gasteiger partial charge in [0.1, 0.15) is 5.75 Å². The van der Waals surface area contributed by atoms with Crippen LogP contribution in [0, 0.1) is 19.8 Å². The van der Waals surface area contributed by atoms with Gasteiger partial charge in [-0.25, -0.2) is 0 Å². The van der Waals surface area contributed by atoms with Crippen LogP contribution in [0.25, 0.3) is 0 Å². The molecule has 22 heavy (non-hydrogen) atoms. The van der Waals surface area contributed by atoms with Crippen molar-refractivity contribution in [3.63, 3.8) is 0 Å². The molecule has 1 amide bonds. The Morgan fingerprint density at radius 3 is 2.59 bits per heavy atom. The number of nitrogens with one attached hydrogen (secondary N) is 1. The molecule has 1 N–H and O–H groups in total. The normalized spacial score (nSPS) is 18.1. The highest BCUT2D eigenvalue weighted by molar-refractivity contribution is 5.95. The number of rotatable bonds is 5. The van der Waals surface area contributed by atoms with Gasteiger partial charge in [-0.2, -0.15) is 8.78 Å². The second-order valence-corrected chi connectivity index (χ2v) is 5.78. The van der Waals surface area contributed by atoms with E-state index in [0.29, 0.717) is 22.6 Å². The topological polar surface area (TPSA) is 41.6 Å². The first-order valence-electron chi connectivity index (χ1n) is 7.42. The van der Waals surface area contributed by atoms with E-state index in [-0.39, 0.29) is 11.7 Å². The van der Waals surface area contributed by atoms with Gasteiger partial charge in [-0.3, -0.25) is 4.79 Å². The van der Waals surface area contributed by atoms with Gasteiger partial charge in [-0.05, 0) is 63.0 Å². The molecule has 1 saturated heterocycles. The third-order valence-corrected chi connectivity index (χ3v) is 3.98. The second-order valence-electron chi connectivity index (χ2n) is 5.78. The fourth-order valence-electron chi connectivity index (χ4n) is 3.00. The van der Waals surface area contributed by atoms with E-state index in [1.807, 2.05) is 11.9 Å². The summed E-state index contributed by atoms with van der Waals surface area (Å²) in [5.74, 6) is 0.576. The molecule has 1 aromatic carbocycles. The minimum absolute atomic E-state index is 0.0478. The number of nitrogens with zero attached hydrogens (tertiary/aromatic N) is 1. The van der Waals surface area contributed by atoms with Crippen molar-refractivity contribution in [3.8, 4) is 5.75 Å². The summed E-state index contributed by atoms with van der Waals surface area (Å²) in [5.41, 5.74) is 1.63. The molecule has 1 heterocycles.